The third-order valence-electron chi connectivity index (χ3n) is 3.65. The van der Waals surface area contributed by atoms with E-state index in [1.54, 1.807) is 13.0 Å². The van der Waals surface area contributed by atoms with Gasteiger partial charge in [-0.05, 0) is 13.3 Å². The average molecular weight is 338 g/mol. The molecule has 7 nitrogen and oxygen atoms in total. The smallest absolute Gasteiger partial charge is 0.254 e. The van der Waals surface area contributed by atoms with Crippen molar-refractivity contribution in [3.63, 3.8) is 0 Å². The Morgan fingerprint density at radius 3 is 2.64 bits per heavy atom. The highest BCUT2D eigenvalue weighted by molar-refractivity contribution is 5.89. The summed E-state index contributed by atoms with van der Waals surface area (Å²) in [5, 5.41) is 6.33. The maximum Gasteiger partial charge on any atom is 0.254 e. The van der Waals surface area contributed by atoms with Gasteiger partial charge in [0, 0.05) is 23.4 Å². The minimum absolute atomic E-state index is 0.161. The number of nitrogens with zero attached hydrogens (tertiary/aromatic N) is 3. The molecule has 0 saturated carbocycles. The van der Waals surface area contributed by atoms with Crippen LogP contribution in [0.2, 0.25) is 0 Å². The Morgan fingerprint density at radius 2 is 2.00 bits per heavy atom. The van der Waals surface area contributed by atoms with E-state index >= 15 is 0 Å². The van der Waals surface area contributed by atoms with E-state index in [-0.39, 0.29) is 18.0 Å². The normalized spacial score (nSPS) is 10.6. The van der Waals surface area contributed by atoms with Crippen molar-refractivity contribution < 1.29 is 9.32 Å². The molecule has 3 rings (SSSR count). The third kappa shape index (κ3) is 3.82. The van der Waals surface area contributed by atoms with Crippen molar-refractivity contribution in [2.45, 2.75) is 26.8 Å². The lowest BCUT2D eigenvalue weighted by atomic mass is 10.2. The van der Waals surface area contributed by atoms with Crippen molar-refractivity contribution in [1.82, 2.24) is 14.7 Å². The summed E-state index contributed by atoms with van der Waals surface area (Å²) in [6.07, 6.45) is 0.639. The van der Waals surface area contributed by atoms with Crippen LogP contribution in [-0.4, -0.2) is 20.6 Å². The first-order valence-corrected chi connectivity index (χ1v) is 7.96. The number of carbonyl (C=O) groups excluding carboxylic acids is 1. The lowest BCUT2D eigenvalue weighted by molar-refractivity contribution is -0.116. The molecule has 0 radical (unpaired) electrons. The first-order chi connectivity index (χ1) is 12.1. The lowest BCUT2D eigenvalue weighted by Crippen LogP contribution is -2.30. The number of carbonyl (C=O) groups is 1. The van der Waals surface area contributed by atoms with E-state index in [1.165, 1.54) is 10.6 Å². The molecule has 7 heteroatoms. The number of benzene rings is 1. The molecule has 1 N–H and O–H groups in total. The van der Waals surface area contributed by atoms with Crippen LogP contribution in [0.3, 0.4) is 0 Å². The maximum atomic E-state index is 12.5. The Balaban J connectivity index is 1.94. The van der Waals surface area contributed by atoms with E-state index in [2.05, 4.69) is 15.5 Å². The Bertz CT molecular complexity index is 944. The summed E-state index contributed by atoms with van der Waals surface area (Å²) in [4.78, 5) is 29.3. The highest BCUT2D eigenvalue weighted by atomic mass is 16.5. The predicted octanol–water partition coefficient (Wildman–Crippen LogP) is 2.41. The number of nitrogens with one attached hydrogen (secondary N) is 1. The Morgan fingerprint density at radius 1 is 1.24 bits per heavy atom. The summed E-state index contributed by atoms with van der Waals surface area (Å²) in [6, 6.07) is 12.4. The van der Waals surface area contributed by atoms with Crippen LogP contribution in [0.5, 0.6) is 0 Å². The van der Waals surface area contributed by atoms with E-state index < -0.39 is 0 Å². The molecule has 2 aromatic heterocycles. The van der Waals surface area contributed by atoms with E-state index in [9.17, 15) is 9.59 Å². The van der Waals surface area contributed by atoms with Gasteiger partial charge in [0.1, 0.15) is 18.1 Å². The van der Waals surface area contributed by atoms with Gasteiger partial charge in [-0.3, -0.25) is 14.2 Å². The van der Waals surface area contributed by atoms with Crippen molar-refractivity contribution in [2.24, 2.45) is 0 Å². The summed E-state index contributed by atoms with van der Waals surface area (Å²) >= 11 is 0. The van der Waals surface area contributed by atoms with Gasteiger partial charge < -0.3 is 9.84 Å². The second-order valence-electron chi connectivity index (χ2n) is 5.59. The number of aromatic nitrogens is 3. The summed E-state index contributed by atoms with van der Waals surface area (Å²) in [5.41, 5.74) is 1.20. The molecule has 1 amide bonds. The Hall–Kier alpha value is -3.22. The number of aryl methyl sites for hydroxylation is 2. The van der Waals surface area contributed by atoms with Gasteiger partial charge in [0.25, 0.3) is 5.56 Å². The van der Waals surface area contributed by atoms with Crippen molar-refractivity contribution >= 4 is 11.7 Å². The largest absolute Gasteiger partial charge is 0.360 e. The molecular formula is C18H18N4O3. The first kappa shape index (κ1) is 16.6. The molecule has 0 unspecified atom stereocenters. The van der Waals surface area contributed by atoms with E-state index in [1.807, 2.05) is 37.3 Å². The van der Waals surface area contributed by atoms with Crippen LogP contribution >= 0.6 is 0 Å². The van der Waals surface area contributed by atoms with E-state index in [0.717, 1.165) is 5.56 Å². The van der Waals surface area contributed by atoms with Crippen LogP contribution in [0.4, 0.5) is 5.82 Å². The fourth-order valence-electron chi connectivity index (χ4n) is 2.45. The van der Waals surface area contributed by atoms with Gasteiger partial charge in [-0.15, -0.1) is 0 Å². The molecule has 3 aromatic rings. The molecule has 0 aliphatic rings. The van der Waals surface area contributed by atoms with Crippen LogP contribution in [0.15, 0.2) is 51.8 Å². The lowest BCUT2D eigenvalue weighted by Gasteiger charge is -2.13. The quantitative estimate of drug-likeness (QED) is 0.771. The van der Waals surface area contributed by atoms with Crippen LogP contribution in [0, 0.1) is 6.92 Å². The molecule has 1 aromatic carbocycles. The molecule has 2 heterocycles. The highest BCUT2D eigenvalue weighted by Gasteiger charge is 2.14. The SMILES string of the molecule is CCc1cc(=O)n(CC(=O)Nc2cc(C)on2)c(-c2ccccc2)n1. The molecule has 0 bridgehead atoms. The second kappa shape index (κ2) is 7.12. The van der Waals surface area contributed by atoms with Gasteiger partial charge in [0.15, 0.2) is 5.82 Å². The maximum absolute atomic E-state index is 12.5. The topological polar surface area (TPSA) is 90.0 Å². The molecule has 0 atom stereocenters. The van der Waals surface area contributed by atoms with Gasteiger partial charge in [-0.2, -0.15) is 0 Å². The van der Waals surface area contributed by atoms with E-state index in [0.29, 0.717) is 29.5 Å². The van der Waals surface area contributed by atoms with Crippen molar-refractivity contribution in [2.75, 3.05) is 5.32 Å². The number of amides is 1. The van der Waals surface area contributed by atoms with Crippen molar-refractivity contribution in [3.8, 4) is 11.4 Å². The van der Waals surface area contributed by atoms with Crippen LogP contribution in [0.1, 0.15) is 18.4 Å². The molecule has 128 valence electrons. The average Bonchev–Trinajstić information content (AvgIpc) is 3.02. The number of hydrogen-bond acceptors (Lipinski definition) is 5. The Kier molecular flexibility index (Phi) is 4.74. The van der Waals surface area contributed by atoms with Crippen LogP contribution in [0.25, 0.3) is 11.4 Å². The molecule has 0 aliphatic heterocycles. The minimum atomic E-state index is -0.376. The second-order valence-corrected chi connectivity index (χ2v) is 5.59. The first-order valence-electron chi connectivity index (χ1n) is 7.96. The van der Waals surface area contributed by atoms with Gasteiger partial charge >= 0.3 is 0 Å². The molecular weight excluding hydrogens is 320 g/mol. The summed E-state index contributed by atoms with van der Waals surface area (Å²) in [5.74, 6) is 0.997. The summed E-state index contributed by atoms with van der Waals surface area (Å²) < 4.78 is 6.27. The standard InChI is InChI=1S/C18H18N4O3/c1-3-14-10-17(24)22(18(19-14)13-7-5-4-6-8-13)11-16(23)20-15-9-12(2)25-21-15/h4-10H,3,11H2,1-2H3,(H,20,21,23). The number of rotatable bonds is 5. The minimum Gasteiger partial charge on any atom is -0.360 e. The fraction of sp³-hybridized carbons (Fsp3) is 0.222. The molecule has 25 heavy (non-hydrogen) atoms. The summed E-state index contributed by atoms with van der Waals surface area (Å²) in [7, 11) is 0. The van der Waals surface area contributed by atoms with Gasteiger partial charge in [0.05, 0.1) is 0 Å². The van der Waals surface area contributed by atoms with E-state index in [4.69, 9.17) is 4.52 Å². The van der Waals surface area contributed by atoms with Gasteiger partial charge in [-0.25, -0.2) is 4.98 Å². The monoisotopic (exact) mass is 338 g/mol. The summed E-state index contributed by atoms with van der Waals surface area (Å²) in [6.45, 7) is 3.50. The zero-order chi connectivity index (χ0) is 17.8. The predicted molar refractivity (Wildman–Crippen MR) is 93.2 cm³/mol. The fourth-order valence-corrected chi connectivity index (χ4v) is 2.45. The zero-order valence-corrected chi connectivity index (χ0v) is 14.0. The number of hydrogen-bond donors (Lipinski definition) is 1. The number of anilines is 1. The Labute approximate surface area is 144 Å². The van der Waals surface area contributed by atoms with Gasteiger partial charge in [-0.1, -0.05) is 42.4 Å². The third-order valence-corrected chi connectivity index (χ3v) is 3.65. The highest BCUT2D eigenvalue weighted by Crippen LogP contribution is 2.16. The zero-order valence-electron chi connectivity index (χ0n) is 14.0. The molecule has 0 aliphatic carbocycles. The van der Waals surface area contributed by atoms with Crippen molar-refractivity contribution in [3.05, 3.63) is 64.3 Å². The molecule has 0 saturated heterocycles. The van der Waals surface area contributed by atoms with Gasteiger partial charge in [0.2, 0.25) is 5.91 Å². The van der Waals surface area contributed by atoms with Crippen molar-refractivity contribution in [1.29, 1.82) is 0 Å². The van der Waals surface area contributed by atoms with Crippen LogP contribution in [-0.2, 0) is 17.8 Å². The molecule has 0 spiro atoms. The van der Waals surface area contributed by atoms with Crippen LogP contribution < -0.4 is 10.9 Å². The molecule has 0 fully saturated rings.